The molecule has 4 rings (SSSR count). The van der Waals surface area contributed by atoms with Gasteiger partial charge in [0, 0.05) is 17.3 Å². The van der Waals surface area contributed by atoms with Crippen LogP contribution in [0.15, 0.2) is 72.3 Å². The van der Waals surface area contributed by atoms with E-state index in [9.17, 15) is 14.7 Å². The van der Waals surface area contributed by atoms with Gasteiger partial charge in [0.05, 0.1) is 32.4 Å². The maximum Gasteiger partial charge on any atom is 0.300 e. The van der Waals surface area contributed by atoms with Gasteiger partial charge < -0.3 is 19.3 Å². The van der Waals surface area contributed by atoms with Crippen LogP contribution in [0.3, 0.4) is 0 Å². The van der Waals surface area contributed by atoms with Crippen molar-refractivity contribution in [2.75, 3.05) is 25.7 Å². The summed E-state index contributed by atoms with van der Waals surface area (Å²) in [7, 11) is 3.01. The number of ketones is 1. The van der Waals surface area contributed by atoms with Crippen molar-refractivity contribution < 1.29 is 28.9 Å². The summed E-state index contributed by atoms with van der Waals surface area (Å²) >= 11 is 0. The maximum absolute atomic E-state index is 13.6. The largest absolute Gasteiger partial charge is 0.507 e. The molecule has 7 nitrogen and oxygen atoms in total. The number of rotatable bonds is 8. The first-order valence-electron chi connectivity index (χ1n) is 13.0. The number of benzene rings is 3. The number of hydrogen-bond donors (Lipinski definition) is 1. The zero-order valence-corrected chi connectivity index (χ0v) is 23.3. The molecule has 0 aliphatic carbocycles. The van der Waals surface area contributed by atoms with Gasteiger partial charge in [0.2, 0.25) is 0 Å². The van der Waals surface area contributed by atoms with Gasteiger partial charge >= 0.3 is 0 Å². The van der Waals surface area contributed by atoms with Crippen molar-refractivity contribution in [3.05, 3.63) is 89.0 Å². The minimum absolute atomic E-state index is 0.00407. The molecule has 0 saturated carbocycles. The van der Waals surface area contributed by atoms with E-state index in [1.54, 1.807) is 36.4 Å². The van der Waals surface area contributed by atoms with Crippen LogP contribution < -0.4 is 19.1 Å². The Kier molecular flexibility index (Phi) is 8.00. The van der Waals surface area contributed by atoms with E-state index < -0.39 is 17.7 Å². The van der Waals surface area contributed by atoms with Crippen LogP contribution >= 0.6 is 0 Å². The Labute approximate surface area is 229 Å². The second kappa shape index (κ2) is 11.2. The van der Waals surface area contributed by atoms with Gasteiger partial charge in [0.25, 0.3) is 11.7 Å². The highest BCUT2D eigenvalue weighted by atomic mass is 16.5. The molecule has 7 heteroatoms. The number of carbonyl (C=O) groups is 2. The molecule has 1 amide bonds. The number of methoxy groups -OCH3 is 2. The highest BCUT2D eigenvalue weighted by Gasteiger charge is 2.47. The smallest absolute Gasteiger partial charge is 0.300 e. The summed E-state index contributed by atoms with van der Waals surface area (Å²) in [6, 6.07) is 18.9. The van der Waals surface area contributed by atoms with E-state index >= 15 is 0 Å². The molecule has 0 radical (unpaired) electrons. The van der Waals surface area contributed by atoms with E-state index in [0.717, 1.165) is 12.0 Å². The highest BCUT2D eigenvalue weighted by molar-refractivity contribution is 6.51. The minimum atomic E-state index is -0.853. The number of nitrogens with zero attached hydrogens (tertiary/aromatic N) is 1. The number of anilines is 1. The lowest BCUT2D eigenvalue weighted by molar-refractivity contribution is -0.132. The van der Waals surface area contributed by atoms with Crippen LogP contribution in [-0.2, 0) is 15.0 Å². The second-order valence-corrected chi connectivity index (χ2v) is 10.5. The first-order chi connectivity index (χ1) is 18.6. The molecule has 39 heavy (non-hydrogen) atoms. The molecule has 1 fully saturated rings. The average Bonchev–Trinajstić information content (AvgIpc) is 3.20. The Bertz CT molecular complexity index is 1400. The van der Waals surface area contributed by atoms with Crippen LogP contribution in [0.1, 0.15) is 56.8 Å². The summed E-state index contributed by atoms with van der Waals surface area (Å²) in [6.07, 6.45) is 0.834. The van der Waals surface area contributed by atoms with Gasteiger partial charge in [0.15, 0.2) is 11.5 Å². The van der Waals surface area contributed by atoms with Crippen molar-refractivity contribution in [1.82, 2.24) is 0 Å². The molecule has 1 aliphatic heterocycles. The molecule has 1 saturated heterocycles. The van der Waals surface area contributed by atoms with Gasteiger partial charge in [-0.2, -0.15) is 0 Å². The topological polar surface area (TPSA) is 85.3 Å². The van der Waals surface area contributed by atoms with Crippen LogP contribution in [-0.4, -0.2) is 37.6 Å². The van der Waals surface area contributed by atoms with E-state index in [1.807, 2.05) is 37.3 Å². The zero-order valence-electron chi connectivity index (χ0n) is 23.3. The van der Waals surface area contributed by atoms with Crippen LogP contribution in [0.2, 0.25) is 0 Å². The number of amides is 1. The molecular formula is C32H35NO6. The van der Waals surface area contributed by atoms with Crippen molar-refractivity contribution in [2.45, 2.75) is 45.6 Å². The van der Waals surface area contributed by atoms with Crippen molar-refractivity contribution in [2.24, 2.45) is 0 Å². The Morgan fingerprint density at radius 3 is 2.23 bits per heavy atom. The number of carbonyl (C=O) groups excluding carboxylic acids is 2. The molecular weight excluding hydrogens is 494 g/mol. The quantitative estimate of drug-likeness (QED) is 0.206. The van der Waals surface area contributed by atoms with E-state index in [4.69, 9.17) is 14.2 Å². The third-order valence-corrected chi connectivity index (χ3v) is 6.76. The summed E-state index contributed by atoms with van der Waals surface area (Å²) in [5, 5.41) is 11.5. The Hall–Kier alpha value is -4.26. The van der Waals surface area contributed by atoms with E-state index in [-0.39, 0.29) is 16.7 Å². The predicted octanol–water partition coefficient (Wildman–Crippen LogP) is 6.42. The van der Waals surface area contributed by atoms with Crippen LogP contribution in [0.25, 0.3) is 5.76 Å². The fourth-order valence-corrected chi connectivity index (χ4v) is 4.66. The van der Waals surface area contributed by atoms with Gasteiger partial charge in [0.1, 0.15) is 11.5 Å². The monoisotopic (exact) mass is 529 g/mol. The fourth-order valence-electron chi connectivity index (χ4n) is 4.66. The number of aliphatic hydroxyl groups is 1. The first kappa shape index (κ1) is 27.8. The third-order valence-electron chi connectivity index (χ3n) is 6.76. The Morgan fingerprint density at radius 2 is 1.62 bits per heavy atom. The molecule has 204 valence electrons. The molecule has 1 heterocycles. The summed E-state index contributed by atoms with van der Waals surface area (Å²) < 4.78 is 16.5. The molecule has 3 aromatic rings. The van der Waals surface area contributed by atoms with Crippen molar-refractivity contribution in [3.63, 3.8) is 0 Å². The van der Waals surface area contributed by atoms with E-state index in [1.165, 1.54) is 19.1 Å². The fraction of sp³-hybridized carbons (Fsp3) is 0.312. The Morgan fingerprint density at radius 1 is 0.923 bits per heavy atom. The standard InChI is InChI=1S/C32H35NO6/c1-7-17-39-24-10-8-9-23(19-24)33-28(20-11-14-22(15-12-20)32(2,3)4)27(30(35)31(33)36)29(34)21-13-16-25(37-5)26(18-21)38-6/h8-16,18-19,28,34H,7,17H2,1-6H3/b29-27+. The van der Waals surface area contributed by atoms with Crippen molar-refractivity contribution in [1.29, 1.82) is 0 Å². The lowest BCUT2D eigenvalue weighted by Gasteiger charge is -2.27. The molecule has 1 atom stereocenters. The lowest BCUT2D eigenvalue weighted by atomic mass is 9.85. The van der Waals surface area contributed by atoms with Gasteiger partial charge in [-0.05, 0) is 53.3 Å². The highest BCUT2D eigenvalue weighted by Crippen LogP contribution is 2.44. The number of hydrogen-bond acceptors (Lipinski definition) is 6. The summed E-state index contributed by atoms with van der Waals surface area (Å²) in [6.45, 7) is 8.89. The normalized spacial score (nSPS) is 16.9. The summed E-state index contributed by atoms with van der Waals surface area (Å²) in [4.78, 5) is 28.5. The van der Waals surface area contributed by atoms with Crippen molar-refractivity contribution >= 4 is 23.1 Å². The van der Waals surface area contributed by atoms with Crippen LogP contribution in [0.4, 0.5) is 5.69 Å². The molecule has 3 aromatic carbocycles. The second-order valence-electron chi connectivity index (χ2n) is 10.5. The van der Waals surface area contributed by atoms with Gasteiger partial charge in [-0.3, -0.25) is 14.5 Å². The molecule has 0 spiro atoms. The van der Waals surface area contributed by atoms with Crippen LogP contribution in [0, 0.1) is 0 Å². The Balaban J connectivity index is 1.91. The molecule has 1 aliphatic rings. The average molecular weight is 530 g/mol. The maximum atomic E-state index is 13.6. The summed E-state index contributed by atoms with van der Waals surface area (Å²) in [5.41, 5.74) is 2.56. The number of Topliss-reactive ketones (excluding diaryl/α,β-unsaturated/α-hetero) is 1. The molecule has 0 aromatic heterocycles. The van der Waals surface area contributed by atoms with Gasteiger partial charge in [-0.25, -0.2) is 0 Å². The van der Waals surface area contributed by atoms with Crippen molar-refractivity contribution in [3.8, 4) is 17.2 Å². The van der Waals surface area contributed by atoms with Crippen LogP contribution in [0.5, 0.6) is 17.2 Å². The van der Waals surface area contributed by atoms with E-state index in [0.29, 0.717) is 40.7 Å². The molecule has 0 bridgehead atoms. The SMILES string of the molecule is CCCOc1cccc(N2C(=O)C(=O)/C(=C(/O)c3ccc(OC)c(OC)c3)C2c2ccc(C(C)(C)C)cc2)c1. The zero-order chi connectivity index (χ0) is 28.3. The number of aliphatic hydroxyl groups excluding tert-OH is 1. The molecule has 1 unspecified atom stereocenters. The minimum Gasteiger partial charge on any atom is -0.507 e. The van der Waals surface area contributed by atoms with Gasteiger partial charge in [-0.15, -0.1) is 0 Å². The van der Waals surface area contributed by atoms with E-state index in [2.05, 4.69) is 20.8 Å². The summed E-state index contributed by atoms with van der Waals surface area (Å²) in [5.74, 6) is -0.324. The lowest BCUT2D eigenvalue weighted by Crippen LogP contribution is -2.29. The first-order valence-corrected chi connectivity index (χ1v) is 13.0. The number of ether oxygens (including phenoxy) is 3. The van der Waals surface area contributed by atoms with Gasteiger partial charge in [-0.1, -0.05) is 58.0 Å². The molecule has 1 N–H and O–H groups in total. The predicted molar refractivity (Wildman–Crippen MR) is 152 cm³/mol. The third kappa shape index (κ3) is 5.48.